The van der Waals surface area contributed by atoms with E-state index in [1.165, 1.54) is 0 Å². The van der Waals surface area contributed by atoms with Crippen molar-refractivity contribution in [1.29, 1.82) is 0 Å². The molecular formula is C26H31N3O4. The molecule has 0 aliphatic carbocycles. The SMILES string of the molecule is CCC(=O)N(Cc1c(C)nn(-c2ccccc2)c1Oc1cccc(OC)c1)C[C@H]1CCCO1. The van der Waals surface area contributed by atoms with Crippen LogP contribution < -0.4 is 9.47 Å². The van der Waals surface area contributed by atoms with E-state index in [4.69, 9.17) is 19.3 Å². The van der Waals surface area contributed by atoms with Gasteiger partial charge in [-0.05, 0) is 44.0 Å². The van der Waals surface area contributed by atoms with Crippen LogP contribution in [0.3, 0.4) is 0 Å². The van der Waals surface area contributed by atoms with Crippen LogP contribution in [0.1, 0.15) is 37.4 Å². The lowest BCUT2D eigenvalue weighted by atomic mass is 10.2. The number of benzene rings is 2. The van der Waals surface area contributed by atoms with Gasteiger partial charge >= 0.3 is 0 Å². The summed E-state index contributed by atoms with van der Waals surface area (Å²) in [5, 5.41) is 4.78. The Balaban J connectivity index is 1.72. The van der Waals surface area contributed by atoms with Crippen molar-refractivity contribution in [1.82, 2.24) is 14.7 Å². The second kappa shape index (κ2) is 10.5. The molecule has 0 saturated carbocycles. The standard InChI is InChI=1S/C26H31N3O4/c1-4-25(30)28(17-23-14-9-15-32-23)18-24-19(2)27-29(20-10-6-5-7-11-20)26(24)33-22-13-8-12-21(16-22)31-3/h5-8,10-13,16,23H,4,9,14-15,17-18H2,1-3H3/t23-/m1/s1. The van der Waals surface area contributed by atoms with Crippen molar-refractivity contribution in [3.8, 4) is 23.1 Å². The van der Waals surface area contributed by atoms with Crippen molar-refractivity contribution >= 4 is 5.91 Å². The maximum Gasteiger partial charge on any atom is 0.227 e. The average Bonchev–Trinajstić information content (AvgIpc) is 3.47. The first kappa shape index (κ1) is 22.9. The van der Waals surface area contributed by atoms with E-state index in [9.17, 15) is 4.79 Å². The van der Waals surface area contributed by atoms with Gasteiger partial charge in [0.15, 0.2) is 0 Å². The number of aromatic nitrogens is 2. The van der Waals surface area contributed by atoms with Gasteiger partial charge in [-0.3, -0.25) is 4.79 Å². The fraction of sp³-hybridized carbons (Fsp3) is 0.385. The van der Waals surface area contributed by atoms with Crippen LogP contribution in [0.4, 0.5) is 0 Å². The van der Waals surface area contributed by atoms with Gasteiger partial charge in [-0.1, -0.05) is 31.2 Å². The van der Waals surface area contributed by atoms with E-state index in [-0.39, 0.29) is 12.0 Å². The summed E-state index contributed by atoms with van der Waals surface area (Å²) in [5.74, 6) is 2.02. The third-order valence-electron chi connectivity index (χ3n) is 5.85. The van der Waals surface area contributed by atoms with E-state index in [0.29, 0.717) is 36.9 Å². The molecule has 7 heteroatoms. The maximum absolute atomic E-state index is 12.8. The third kappa shape index (κ3) is 5.37. The second-order valence-electron chi connectivity index (χ2n) is 8.16. The fourth-order valence-electron chi connectivity index (χ4n) is 4.05. The van der Waals surface area contributed by atoms with Gasteiger partial charge in [-0.25, -0.2) is 4.68 Å². The van der Waals surface area contributed by atoms with E-state index in [2.05, 4.69) is 0 Å². The molecule has 33 heavy (non-hydrogen) atoms. The van der Waals surface area contributed by atoms with Crippen LogP contribution in [0.15, 0.2) is 54.6 Å². The van der Waals surface area contributed by atoms with Crippen LogP contribution in [0.5, 0.6) is 17.4 Å². The zero-order valence-corrected chi connectivity index (χ0v) is 19.5. The Morgan fingerprint density at radius 3 is 2.67 bits per heavy atom. The first-order valence-electron chi connectivity index (χ1n) is 11.4. The first-order valence-corrected chi connectivity index (χ1v) is 11.4. The topological polar surface area (TPSA) is 65.8 Å². The van der Waals surface area contributed by atoms with E-state index >= 15 is 0 Å². The lowest BCUT2D eigenvalue weighted by Gasteiger charge is -2.25. The van der Waals surface area contributed by atoms with Gasteiger partial charge in [0.1, 0.15) is 11.5 Å². The highest BCUT2D eigenvalue weighted by atomic mass is 16.5. The predicted octanol–water partition coefficient (Wildman–Crippen LogP) is 4.90. The molecule has 1 saturated heterocycles. The third-order valence-corrected chi connectivity index (χ3v) is 5.85. The highest BCUT2D eigenvalue weighted by molar-refractivity contribution is 5.76. The van der Waals surface area contributed by atoms with Gasteiger partial charge in [0.05, 0.1) is 36.7 Å². The molecule has 0 N–H and O–H groups in total. The number of carbonyl (C=O) groups excluding carboxylic acids is 1. The van der Waals surface area contributed by atoms with Crippen LogP contribution in [-0.2, 0) is 16.1 Å². The predicted molar refractivity (Wildman–Crippen MR) is 126 cm³/mol. The van der Waals surface area contributed by atoms with Crippen LogP contribution >= 0.6 is 0 Å². The van der Waals surface area contributed by atoms with Crippen molar-refractivity contribution in [2.45, 2.75) is 45.8 Å². The Morgan fingerprint density at radius 2 is 1.97 bits per heavy atom. The number of methoxy groups -OCH3 is 1. The second-order valence-corrected chi connectivity index (χ2v) is 8.16. The summed E-state index contributed by atoms with van der Waals surface area (Å²) in [5.41, 5.74) is 2.58. The average molecular weight is 450 g/mol. The summed E-state index contributed by atoms with van der Waals surface area (Å²) in [6.45, 7) is 5.58. The van der Waals surface area contributed by atoms with E-state index in [1.807, 2.05) is 73.3 Å². The molecule has 1 aliphatic heterocycles. The molecule has 3 aromatic rings. The van der Waals surface area contributed by atoms with Crippen molar-refractivity contribution in [2.75, 3.05) is 20.3 Å². The molecular weight excluding hydrogens is 418 g/mol. The van der Waals surface area contributed by atoms with Gasteiger partial charge in [0.2, 0.25) is 11.8 Å². The van der Waals surface area contributed by atoms with Crippen LogP contribution in [0, 0.1) is 6.92 Å². The van der Waals surface area contributed by atoms with E-state index < -0.39 is 0 Å². The summed E-state index contributed by atoms with van der Waals surface area (Å²) in [6.07, 6.45) is 2.52. The normalized spacial score (nSPS) is 15.4. The van der Waals surface area contributed by atoms with Crippen molar-refractivity contribution in [2.24, 2.45) is 0 Å². The zero-order chi connectivity index (χ0) is 23.2. The number of nitrogens with zero attached hydrogens (tertiary/aromatic N) is 3. The highest BCUT2D eigenvalue weighted by Gasteiger charge is 2.26. The number of para-hydroxylation sites is 1. The lowest BCUT2D eigenvalue weighted by Crippen LogP contribution is -2.36. The molecule has 4 rings (SSSR count). The molecule has 1 aliphatic rings. The van der Waals surface area contributed by atoms with Crippen LogP contribution in [0.2, 0.25) is 0 Å². The molecule has 2 aromatic carbocycles. The van der Waals surface area contributed by atoms with E-state index in [0.717, 1.165) is 36.4 Å². The summed E-state index contributed by atoms with van der Waals surface area (Å²) in [4.78, 5) is 14.7. The van der Waals surface area contributed by atoms with Gasteiger partial charge < -0.3 is 19.1 Å². The molecule has 1 fully saturated rings. The molecule has 1 amide bonds. The molecule has 1 aromatic heterocycles. The van der Waals surface area contributed by atoms with Crippen LogP contribution in [-0.4, -0.2) is 47.0 Å². The maximum atomic E-state index is 12.8. The number of carbonyl (C=O) groups is 1. The molecule has 0 bridgehead atoms. The molecule has 2 heterocycles. The van der Waals surface area contributed by atoms with Gasteiger partial charge in [-0.2, -0.15) is 5.10 Å². The molecule has 0 spiro atoms. The van der Waals surface area contributed by atoms with Gasteiger partial charge in [0, 0.05) is 25.6 Å². The molecule has 0 unspecified atom stereocenters. The minimum Gasteiger partial charge on any atom is -0.497 e. The number of rotatable bonds is 9. The minimum absolute atomic E-state index is 0.0766. The summed E-state index contributed by atoms with van der Waals surface area (Å²) in [7, 11) is 1.63. The quantitative estimate of drug-likeness (QED) is 0.465. The number of amides is 1. The van der Waals surface area contributed by atoms with Crippen LogP contribution in [0.25, 0.3) is 5.69 Å². The van der Waals surface area contributed by atoms with E-state index in [1.54, 1.807) is 11.8 Å². The smallest absolute Gasteiger partial charge is 0.227 e. The van der Waals surface area contributed by atoms with Crippen molar-refractivity contribution in [3.63, 3.8) is 0 Å². The first-order chi connectivity index (χ1) is 16.1. The largest absolute Gasteiger partial charge is 0.497 e. The number of hydrogen-bond acceptors (Lipinski definition) is 5. The Kier molecular flexibility index (Phi) is 7.29. The molecule has 1 atom stereocenters. The minimum atomic E-state index is 0.0766. The summed E-state index contributed by atoms with van der Waals surface area (Å²) >= 11 is 0. The lowest BCUT2D eigenvalue weighted by molar-refractivity contribution is -0.133. The number of aryl methyl sites for hydroxylation is 1. The highest BCUT2D eigenvalue weighted by Crippen LogP contribution is 2.33. The van der Waals surface area contributed by atoms with Crippen molar-refractivity contribution in [3.05, 3.63) is 65.9 Å². The Labute approximate surface area is 194 Å². The zero-order valence-electron chi connectivity index (χ0n) is 19.5. The summed E-state index contributed by atoms with van der Waals surface area (Å²) in [6, 6.07) is 17.3. The molecule has 174 valence electrons. The summed E-state index contributed by atoms with van der Waals surface area (Å²) < 4.78 is 19.4. The Morgan fingerprint density at radius 1 is 1.18 bits per heavy atom. The Bertz CT molecular complexity index is 1070. The van der Waals surface area contributed by atoms with Crippen molar-refractivity contribution < 1.29 is 19.0 Å². The molecule has 0 radical (unpaired) electrons. The monoisotopic (exact) mass is 449 g/mol. The number of hydrogen-bond donors (Lipinski definition) is 0. The van der Waals surface area contributed by atoms with Gasteiger partial charge in [-0.15, -0.1) is 0 Å². The fourth-order valence-corrected chi connectivity index (χ4v) is 4.05. The molecule has 7 nitrogen and oxygen atoms in total. The number of ether oxygens (including phenoxy) is 3. The van der Waals surface area contributed by atoms with Gasteiger partial charge in [0.25, 0.3) is 0 Å². The Hall–Kier alpha value is -3.32.